The zero-order valence-corrected chi connectivity index (χ0v) is 16.5. The van der Waals surface area contributed by atoms with Crippen molar-refractivity contribution in [1.29, 1.82) is 0 Å². The highest BCUT2D eigenvalue weighted by molar-refractivity contribution is 7.53. The Morgan fingerprint density at radius 3 is 2.53 bits per heavy atom. The molecule has 15 nitrogen and oxygen atoms in total. The van der Waals surface area contributed by atoms with Gasteiger partial charge in [-0.05, 0) is 0 Å². The van der Waals surface area contributed by atoms with E-state index < -0.39 is 50.6 Å². The molecule has 0 amide bonds. The van der Waals surface area contributed by atoms with Crippen LogP contribution in [-0.2, 0) is 18.8 Å². The van der Waals surface area contributed by atoms with E-state index in [1.807, 2.05) is 0 Å². The van der Waals surface area contributed by atoms with Crippen LogP contribution in [0.15, 0.2) is 6.33 Å². The average Bonchev–Trinajstić information content (AvgIpc) is 3.22. The van der Waals surface area contributed by atoms with Gasteiger partial charge in [0, 0.05) is 0 Å². The van der Waals surface area contributed by atoms with Crippen LogP contribution in [0.4, 0.5) is 0 Å². The molecule has 1 unspecified atom stereocenters. The number of hydrogen-bond acceptors (Lipinski definition) is 11. The summed E-state index contributed by atoms with van der Waals surface area (Å²) in [6.45, 7) is -0.717. The first-order chi connectivity index (χ1) is 14.1. The second kappa shape index (κ2) is 8.39. The maximum absolute atomic E-state index is 11.2. The molecule has 1 aliphatic rings. The third-order valence-corrected chi connectivity index (χ3v) is 5.27. The van der Waals surface area contributed by atoms with Gasteiger partial charge in [0.05, 0.1) is 27.2 Å². The Morgan fingerprint density at radius 2 is 1.97 bits per heavy atom. The molecule has 16 heteroatoms. The lowest BCUT2D eigenvalue weighted by atomic mass is 10.1. The third-order valence-electron chi connectivity index (χ3n) is 4.29. The summed E-state index contributed by atoms with van der Waals surface area (Å²) in [5.41, 5.74) is 0.367. The summed E-state index contributed by atoms with van der Waals surface area (Å²) < 4.78 is 32.9. The minimum absolute atomic E-state index is 0.0556. The first kappa shape index (κ1) is 22.3. The van der Waals surface area contributed by atoms with E-state index in [9.17, 15) is 19.6 Å². The second-order valence-electron chi connectivity index (χ2n) is 6.20. The van der Waals surface area contributed by atoms with Crippen LogP contribution in [0.5, 0.6) is 11.9 Å². The fourth-order valence-electron chi connectivity index (χ4n) is 2.89. The molecule has 166 valence electrons. The highest BCUT2D eigenvalue weighted by atomic mass is 31.2. The number of aliphatic hydroxyl groups is 2. The monoisotopic (exact) mass is 450 g/mol. The summed E-state index contributed by atoms with van der Waals surface area (Å²) in [7, 11) is -2.43. The number of aromatic nitrogens is 4. The van der Waals surface area contributed by atoms with Crippen molar-refractivity contribution < 1.29 is 53.4 Å². The Labute approximate surface area is 168 Å². The first-order valence-corrected chi connectivity index (χ1v) is 10.0. The predicted octanol–water partition coefficient (Wildman–Crippen LogP) is -1.93. The Balaban J connectivity index is 1.85. The van der Waals surface area contributed by atoms with E-state index in [1.54, 1.807) is 0 Å². The van der Waals surface area contributed by atoms with E-state index >= 15 is 0 Å². The Kier molecular flexibility index (Phi) is 6.24. The highest BCUT2D eigenvalue weighted by Crippen LogP contribution is 2.42. The fraction of sp³-hybridized carbons (Fsp3) is 0.571. The minimum Gasteiger partial charge on any atom is -0.479 e. The number of nitrogens with zero attached hydrogens (tertiary/aromatic N) is 4. The SMILES string of the molecule is COc1nc(OC)c2ncn([C@@H]3O[C@H](COC(C(=O)O)P(=O)(O)O)[C@H](O)[C@H]3O)c2n1. The molecule has 3 heterocycles. The van der Waals surface area contributed by atoms with E-state index in [1.165, 1.54) is 25.1 Å². The van der Waals surface area contributed by atoms with Gasteiger partial charge in [-0.1, -0.05) is 0 Å². The lowest BCUT2D eigenvalue weighted by molar-refractivity contribution is -0.149. The molecule has 5 atom stereocenters. The van der Waals surface area contributed by atoms with Gasteiger partial charge in [0.15, 0.2) is 17.4 Å². The van der Waals surface area contributed by atoms with Gasteiger partial charge >= 0.3 is 19.6 Å². The number of aliphatic hydroxyl groups excluding tert-OH is 2. The lowest BCUT2D eigenvalue weighted by Crippen LogP contribution is -2.36. The van der Waals surface area contributed by atoms with Gasteiger partial charge < -0.3 is 44.1 Å². The molecule has 5 N–H and O–H groups in total. The van der Waals surface area contributed by atoms with Crippen LogP contribution in [-0.4, -0.2) is 95.6 Å². The smallest absolute Gasteiger partial charge is 0.365 e. The summed E-state index contributed by atoms with van der Waals surface area (Å²) in [6, 6.07) is -0.0556. The van der Waals surface area contributed by atoms with Crippen molar-refractivity contribution in [2.45, 2.75) is 30.4 Å². The van der Waals surface area contributed by atoms with Crippen molar-refractivity contribution in [1.82, 2.24) is 19.5 Å². The van der Waals surface area contributed by atoms with Crippen molar-refractivity contribution in [2.75, 3.05) is 20.8 Å². The highest BCUT2D eigenvalue weighted by Gasteiger charge is 2.46. The number of fused-ring (bicyclic) bond motifs is 1. The average molecular weight is 450 g/mol. The first-order valence-electron chi connectivity index (χ1n) is 8.32. The number of ether oxygens (including phenoxy) is 4. The zero-order chi connectivity index (χ0) is 22.2. The zero-order valence-electron chi connectivity index (χ0n) is 15.6. The fourth-order valence-corrected chi connectivity index (χ4v) is 3.45. The standard InChI is InChI=1S/C14H19N4O11P/c1-26-10-6-9(16-14(17-10)27-2)18(4-15-6)11-8(20)7(19)5(29-11)3-28-13(12(21)22)30(23,24)25/h4-5,7-8,11,13,19-20H,3H2,1-2H3,(H,21,22)(H2,23,24,25)/t5-,7+,8-,11-,13?/m1/s1. The quantitative estimate of drug-likeness (QED) is 0.277. The number of aliphatic carboxylic acids is 1. The minimum atomic E-state index is -5.12. The molecule has 0 radical (unpaired) electrons. The van der Waals surface area contributed by atoms with Gasteiger partial charge in [0.25, 0.3) is 5.85 Å². The van der Waals surface area contributed by atoms with Gasteiger partial charge in [-0.25, -0.2) is 9.78 Å². The van der Waals surface area contributed by atoms with E-state index in [2.05, 4.69) is 15.0 Å². The normalized spacial score (nSPS) is 25.4. The molecule has 0 bridgehead atoms. The largest absolute Gasteiger partial charge is 0.479 e. The van der Waals surface area contributed by atoms with Crippen LogP contribution < -0.4 is 9.47 Å². The summed E-state index contributed by atoms with van der Waals surface area (Å²) in [5.74, 6) is -4.24. The number of carboxylic acid groups (broad SMARTS) is 1. The van der Waals surface area contributed by atoms with Crippen LogP contribution in [0.2, 0.25) is 0 Å². The predicted molar refractivity (Wildman–Crippen MR) is 93.8 cm³/mol. The lowest BCUT2D eigenvalue weighted by Gasteiger charge is -2.19. The molecule has 1 fully saturated rings. The molecular formula is C14H19N4O11P. The van der Waals surface area contributed by atoms with Crippen LogP contribution in [0.3, 0.4) is 0 Å². The Hall–Kier alpha value is -2.39. The van der Waals surface area contributed by atoms with Crippen LogP contribution in [0.1, 0.15) is 6.23 Å². The van der Waals surface area contributed by atoms with Gasteiger partial charge in [0.1, 0.15) is 18.3 Å². The summed E-state index contributed by atoms with van der Waals surface area (Å²) in [6.07, 6.45) is -4.38. The number of rotatable bonds is 8. The molecule has 0 aliphatic carbocycles. The third kappa shape index (κ3) is 4.09. The molecular weight excluding hydrogens is 431 g/mol. The molecule has 1 aliphatic heterocycles. The summed E-state index contributed by atoms with van der Waals surface area (Å²) >= 11 is 0. The molecule has 2 aromatic heterocycles. The molecule has 2 aromatic rings. The van der Waals surface area contributed by atoms with Gasteiger partial charge in [-0.2, -0.15) is 9.97 Å². The molecule has 0 saturated carbocycles. The van der Waals surface area contributed by atoms with Crippen molar-refractivity contribution in [3.05, 3.63) is 6.33 Å². The van der Waals surface area contributed by atoms with Crippen molar-refractivity contribution in [3.8, 4) is 11.9 Å². The van der Waals surface area contributed by atoms with Crippen LogP contribution in [0, 0.1) is 0 Å². The molecule has 0 aromatic carbocycles. The van der Waals surface area contributed by atoms with Gasteiger partial charge in [-0.3, -0.25) is 9.13 Å². The number of carboxylic acids is 1. The number of hydrogen-bond donors (Lipinski definition) is 5. The van der Waals surface area contributed by atoms with E-state index in [-0.39, 0.29) is 23.1 Å². The van der Waals surface area contributed by atoms with E-state index in [4.69, 9.17) is 33.8 Å². The molecule has 1 saturated heterocycles. The summed E-state index contributed by atoms with van der Waals surface area (Å²) in [4.78, 5) is 41.3. The topological polar surface area (TPSA) is 216 Å². The Morgan fingerprint density at radius 1 is 1.27 bits per heavy atom. The van der Waals surface area contributed by atoms with E-state index in [0.717, 1.165) is 0 Å². The number of imidazole rings is 1. The molecule has 3 rings (SSSR count). The van der Waals surface area contributed by atoms with E-state index in [0.29, 0.717) is 0 Å². The van der Waals surface area contributed by atoms with Crippen LogP contribution in [0.25, 0.3) is 11.2 Å². The van der Waals surface area contributed by atoms with Crippen LogP contribution >= 0.6 is 7.60 Å². The number of methoxy groups -OCH3 is 2. The Bertz CT molecular complexity index is 978. The van der Waals surface area contributed by atoms with Crippen molar-refractivity contribution in [3.63, 3.8) is 0 Å². The maximum atomic E-state index is 11.2. The maximum Gasteiger partial charge on any atom is 0.365 e. The van der Waals surface area contributed by atoms with Gasteiger partial charge in [-0.15, -0.1) is 0 Å². The van der Waals surface area contributed by atoms with Crippen molar-refractivity contribution in [2.24, 2.45) is 0 Å². The number of carbonyl (C=O) groups is 1. The molecule has 30 heavy (non-hydrogen) atoms. The molecule has 0 spiro atoms. The van der Waals surface area contributed by atoms with Gasteiger partial charge in [0.2, 0.25) is 5.88 Å². The summed E-state index contributed by atoms with van der Waals surface area (Å²) in [5, 5.41) is 29.5. The second-order valence-corrected chi connectivity index (χ2v) is 7.85. The van der Waals surface area contributed by atoms with Crippen molar-refractivity contribution >= 4 is 24.7 Å².